The number of hydrogen-bond acceptors (Lipinski definition) is 0. The molecular formula is C16H23Br. The fraction of sp³-hybridized carbons (Fsp3) is 0.625. The van der Waals surface area contributed by atoms with E-state index in [2.05, 4.69) is 55.8 Å². The second-order valence-electron chi connectivity index (χ2n) is 5.79. The summed E-state index contributed by atoms with van der Waals surface area (Å²) >= 11 is 3.81. The van der Waals surface area contributed by atoms with Crippen LogP contribution in [0.2, 0.25) is 0 Å². The fourth-order valence-corrected chi connectivity index (χ4v) is 3.97. The highest BCUT2D eigenvalue weighted by atomic mass is 79.9. The number of rotatable bonds is 2. The monoisotopic (exact) mass is 294 g/mol. The van der Waals surface area contributed by atoms with Crippen molar-refractivity contribution in [1.29, 1.82) is 0 Å². The predicted molar refractivity (Wildman–Crippen MR) is 79.0 cm³/mol. The first-order chi connectivity index (χ1) is 7.99. The van der Waals surface area contributed by atoms with E-state index in [1.54, 1.807) is 5.56 Å². The Morgan fingerprint density at radius 3 is 2.18 bits per heavy atom. The molecule has 0 radical (unpaired) electrons. The minimum atomic E-state index is 0.735. The highest BCUT2D eigenvalue weighted by Crippen LogP contribution is 2.39. The Morgan fingerprint density at radius 1 is 1.12 bits per heavy atom. The molecule has 17 heavy (non-hydrogen) atoms. The summed E-state index contributed by atoms with van der Waals surface area (Å²) in [4.78, 5) is 0.735. The Balaban J connectivity index is 2.19. The van der Waals surface area contributed by atoms with Crippen molar-refractivity contribution in [3.63, 3.8) is 0 Å². The van der Waals surface area contributed by atoms with E-state index >= 15 is 0 Å². The van der Waals surface area contributed by atoms with Crippen LogP contribution < -0.4 is 0 Å². The van der Waals surface area contributed by atoms with Crippen molar-refractivity contribution in [3.8, 4) is 0 Å². The number of hydrogen-bond donors (Lipinski definition) is 0. The molecule has 0 spiro atoms. The average Bonchev–Trinajstić information content (AvgIpc) is 2.54. The summed E-state index contributed by atoms with van der Waals surface area (Å²) in [6, 6.07) is 4.65. The highest BCUT2D eigenvalue weighted by molar-refractivity contribution is 9.09. The number of aryl methyl sites for hydroxylation is 3. The summed E-state index contributed by atoms with van der Waals surface area (Å²) in [6.45, 7) is 9.12. The van der Waals surface area contributed by atoms with Gasteiger partial charge in [0.25, 0.3) is 0 Å². The van der Waals surface area contributed by atoms with Gasteiger partial charge in [0.2, 0.25) is 0 Å². The van der Waals surface area contributed by atoms with Crippen LogP contribution in [-0.4, -0.2) is 4.83 Å². The first-order valence-electron chi connectivity index (χ1n) is 6.70. The summed E-state index contributed by atoms with van der Waals surface area (Å²) in [5, 5.41) is 0. The SMILES string of the molecule is Cc1cc(C)c(CC2CCC(Br)C2C)c(C)c1. The van der Waals surface area contributed by atoms with Gasteiger partial charge < -0.3 is 0 Å². The third kappa shape index (κ3) is 2.76. The lowest BCUT2D eigenvalue weighted by Gasteiger charge is -2.20. The number of alkyl halides is 1. The van der Waals surface area contributed by atoms with Crippen LogP contribution in [0.25, 0.3) is 0 Å². The van der Waals surface area contributed by atoms with Crippen molar-refractivity contribution in [3.05, 3.63) is 34.4 Å². The summed E-state index contributed by atoms with van der Waals surface area (Å²) in [5.74, 6) is 1.68. The second kappa shape index (κ2) is 5.14. The van der Waals surface area contributed by atoms with Gasteiger partial charge in [-0.2, -0.15) is 0 Å². The van der Waals surface area contributed by atoms with Gasteiger partial charge in [0, 0.05) is 4.83 Å². The molecule has 0 heterocycles. The highest BCUT2D eigenvalue weighted by Gasteiger charge is 2.31. The first kappa shape index (κ1) is 13.1. The first-order valence-corrected chi connectivity index (χ1v) is 7.61. The van der Waals surface area contributed by atoms with E-state index in [0.29, 0.717) is 0 Å². The normalized spacial score (nSPS) is 28.6. The zero-order valence-electron chi connectivity index (χ0n) is 11.4. The smallest absolute Gasteiger partial charge is 0.0174 e. The molecule has 0 aromatic heterocycles. The number of halogens is 1. The maximum atomic E-state index is 3.81. The molecule has 1 aliphatic rings. The lowest BCUT2D eigenvalue weighted by molar-refractivity contribution is 0.422. The Labute approximate surface area is 114 Å². The van der Waals surface area contributed by atoms with Gasteiger partial charge >= 0.3 is 0 Å². The summed E-state index contributed by atoms with van der Waals surface area (Å²) in [5.41, 5.74) is 5.94. The van der Waals surface area contributed by atoms with E-state index in [9.17, 15) is 0 Å². The average molecular weight is 295 g/mol. The van der Waals surface area contributed by atoms with Gasteiger partial charge in [0.05, 0.1) is 0 Å². The topological polar surface area (TPSA) is 0 Å². The van der Waals surface area contributed by atoms with E-state index < -0.39 is 0 Å². The molecule has 1 saturated carbocycles. The zero-order valence-corrected chi connectivity index (χ0v) is 13.0. The predicted octanol–water partition coefficient (Wildman–Crippen LogP) is 4.96. The number of benzene rings is 1. The standard InChI is InChI=1S/C16H23Br/c1-10-7-11(2)15(12(3)8-10)9-14-5-6-16(17)13(14)4/h7-8,13-14,16H,5-6,9H2,1-4H3. The molecule has 0 nitrogen and oxygen atoms in total. The molecule has 2 rings (SSSR count). The van der Waals surface area contributed by atoms with Crippen LogP contribution in [0.1, 0.15) is 42.0 Å². The van der Waals surface area contributed by atoms with Gasteiger partial charge in [-0.3, -0.25) is 0 Å². The molecule has 3 unspecified atom stereocenters. The van der Waals surface area contributed by atoms with E-state index in [1.165, 1.54) is 36.0 Å². The van der Waals surface area contributed by atoms with Gasteiger partial charge in [-0.25, -0.2) is 0 Å². The van der Waals surface area contributed by atoms with Crippen molar-refractivity contribution in [2.75, 3.05) is 0 Å². The van der Waals surface area contributed by atoms with Crippen LogP contribution in [0.4, 0.5) is 0 Å². The van der Waals surface area contributed by atoms with Crippen molar-refractivity contribution >= 4 is 15.9 Å². The Kier molecular flexibility index (Phi) is 3.97. The van der Waals surface area contributed by atoms with Gasteiger partial charge in [-0.05, 0) is 68.6 Å². The molecule has 94 valence electrons. The van der Waals surface area contributed by atoms with Gasteiger partial charge in [0.15, 0.2) is 0 Å². The molecule has 3 atom stereocenters. The molecule has 0 amide bonds. The molecule has 1 aliphatic carbocycles. The third-order valence-corrected chi connectivity index (χ3v) is 5.73. The quantitative estimate of drug-likeness (QED) is 0.676. The molecular weight excluding hydrogens is 272 g/mol. The Bertz CT molecular complexity index is 385. The fourth-order valence-electron chi connectivity index (χ4n) is 3.28. The summed E-state index contributed by atoms with van der Waals surface area (Å²) < 4.78 is 0. The largest absolute Gasteiger partial charge is 0.0888 e. The van der Waals surface area contributed by atoms with Crippen LogP contribution in [0.15, 0.2) is 12.1 Å². The van der Waals surface area contributed by atoms with E-state index in [0.717, 1.165) is 16.7 Å². The minimum Gasteiger partial charge on any atom is -0.0888 e. The van der Waals surface area contributed by atoms with Gasteiger partial charge in [-0.1, -0.05) is 40.5 Å². The molecule has 0 bridgehead atoms. The molecule has 0 N–H and O–H groups in total. The maximum Gasteiger partial charge on any atom is 0.0174 e. The lowest BCUT2D eigenvalue weighted by atomic mass is 9.86. The van der Waals surface area contributed by atoms with Crippen LogP contribution in [0, 0.1) is 32.6 Å². The molecule has 1 aromatic carbocycles. The lowest BCUT2D eigenvalue weighted by Crippen LogP contribution is -2.14. The summed E-state index contributed by atoms with van der Waals surface area (Å²) in [7, 11) is 0. The van der Waals surface area contributed by atoms with Gasteiger partial charge in [-0.15, -0.1) is 0 Å². The van der Waals surface area contributed by atoms with E-state index in [-0.39, 0.29) is 0 Å². The molecule has 1 heteroatoms. The van der Waals surface area contributed by atoms with Crippen LogP contribution in [0.3, 0.4) is 0 Å². The maximum absolute atomic E-state index is 3.81. The second-order valence-corrected chi connectivity index (χ2v) is 6.97. The van der Waals surface area contributed by atoms with Crippen LogP contribution in [-0.2, 0) is 6.42 Å². The third-order valence-electron chi connectivity index (χ3n) is 4.43. The van der Waals surface area contributed by atoms with E-state index in [4.69, 9.17) is 0 Å². The van der Waals surface area contributed by atoms with Crippen LogP contribution >= 0.6 is 15.9 Å². The molecule has 0 aliphatic heterocycles. The van der Waals surface area contributed by atoms with Crippen molar-refractivity contribution in [1.82, 2.24) is 0 Å². The van der Waals surface area contributed by atoms with Crippen molar-refractivity contribution in [2.24, 2.45) is 11.8 Å². The zero-order chi connectivity index (χ0) is 12.6. The summed E-state index contributed by atoms with van der Waals surface area (Å²) in [6.07, 6.45) is 3.99. The molecule has 0 saturated heterocycles. The Hall–Kier alpha value is -0.300. The van der Waals surface area contributed by atoms with Gasteiger partial charge in [0.1, 0.15) is 0 Å². The van der Waals surface area contributed by atoms with E-state index in [1.807, 2.05) is 0 Å². The Morgan fingerprint density at radius 2 is 1.71 bits per heavy atom. The molecule has 1 aromatic rings. The molecule has 1 fully saturated rings. The minimum absolute atomic E-state index is 0.735. The van der Waals surface area contributed by atoms with Crippen LogP contribution in [0.5, 0.6) is 0 Å². The van der Waals surface area contributed by atoms with Crippen molar-refractivity contribution in [2.45, 2.75) is 51.8 Å². The van der Waals surface area contributed by atoms with Crippen molar-refractivity contribution < 1.29 is 0 Å².